The van der Waals surface area contributed by atoms with Crippen molar-refractivity contribution in [2.45, 2.75) is 56.5 Å². The Hall–Kier alpha value is -2.16. The molecule has 2 fully saturated rings. The van der Waals surface area contributed by atoms with Crippen LogP contribution in [0.3, 0.4) is 0 Å². The number of urea groups is 1. The van der Waals surface area contributed by atoms with Gasteiger partial charge in [0.2, 0.25) is 5.91 Å². The molecule has 4 N–H and O–H groups in total. The number of thioether (sulfide) groups is 1. The first-order chi connectivity index (χ1) is 12.4. The highest BCUT2D eigenvalue weighted by Crippen LogP contribution is 2.33. The highest BCUT2D eigenvalue weighted by Gasteiger charge is 2.42. The number of unbranched alkanes of at least 4 members (excludes halogenated alkanes) is 1. The van der Waals surface area contributed by atoms with E-state index in [0.717, 1.165) is 25.0 Å². The van der Waals surface area contributed by atoms with Crippen molar-refractivity contribution < 1.29 is 23.9 Å². The molecule has 0 aromatic carbocycles. The monoisotopic (exact) mass is 381 g/mol. The third-order valence-electron chi connectivity index (χ3n) is 4.74. The van der Waals surface area contributed by atoms with Gasteiger partial charge in [-0.1, -0.05) is 6.42 Å². The maximum atomic E-state index is 11.9. The number of carboxylic acid groups (broad SMARTS) is 1. The topological polar surface area (TPSA) is 121 Å². The lowest BCUT2D eigenvalue weighted by Gasteiger charge is -2.16. The molecule has 26 heavy (non-hydrogen) atoms. The molecule has 3 heterocycles. The molecule has 0 unspecified atom stereocenters. The van der Waals surface area contributed by atoms with Crippen LogP contribution in [0.4, 0.5) is 4.79 Å². The van der Waals surface area contributed by atoms with Gasteiger partial charge in [-0.25, -0.2) is 9.59 Å². The molecule has 0 aliphatic carbocycles. The molecule has 0 saturated carbocycles. The van der Waals surface area contributed by atoms with E-state index in [2.05, 4.69) is 16.0 Å². The summed E-state index contributed by atoms with van der Waals surface area (Å²) in [6.45, 7) is 1.77. The molecule has 3 amide bonds. The molecule has 0 radical (unpaired) electrons. The Labute approximate surface area is 155 Å². The molecule has 9 heteroatoms. The van der Waals surface area contributed by atoms with E-state index in [4.69, 9.17) is 9.52 Å². The highest BCUT2D eigenvalue weighted by atomic mass is 32.2. The molecule has 3 atom stereocenters. The summed E-state index contributed by atoms with van der Waals surface area (Å²) >= 11 is 1.87. The van der Waals surface area contributed by atoms with Gasteiger partial charge >= 0.3 is 12.0 Å². The molecule has 2 aliphatic heterocycles. The van der Waals surface area contributed by atoms with Crippen LogP contribution in [-0.4, -0.2) is 46.1 Å². The fourth-order valence-electron chi connectivity index (χ4n) is 3.39. The van der Waals surface area contributed by atoms with E-state index < -0.39 is 5.97 Å². The van der Waals surface area contributed by atoms with Crippen molar-refractivity contribution in [2.24, 2.45) is 0 Å². The van der Waals surface area contributed by atoms with E-state index in [1.807, 2.05) is 11.8 Å². The van der Waals surface area contributed by atoms with Crippen molar-refractivity contribution in [3.8, 4) is 0 Å². The fourth-order valence-corrected chi connectivity index (χ4v) is 4.93. The lowest BCUT2D eigenvalue weighted by atomic mass is 10.0. The maximum absolute atomic E-state index is 11.9. The highest BCUT2D eigenvalue weighted by molar-refractivity contribution is 8.00. The zero-order valence-electron chi connectivity index (χ0n) is 14.5. The van der Waals surface area contributed by atoms with Crippen molar-refractivity contribution in [2.75, 3.05) is 5.75 Å². The van der Waals surface area contributed by atoms with Crippen LogP contribution in [0.15, 0.2) is 10.5 Å². The van der Waals surface area contributed by atoms with Gasteiger partial charge in [0, 0.05) is 17.4 Å². The van der Waals surface area contributed by atoms with Crippen LogP contribution in [-0.2, 0) is 11.3 Å². The number of aryl methyl sites for hydroxylation is 1. The van der Waals surface area contributed by atoms with E-state index in [0.29, 0.717) is 23.2 Å². The SMILES string of the molecule is Cc1oc(CNC(=O)CCCC[C@@H]2SC[C@@H]3NC(=O)N[C@@H]32)cc1C(=O)O. The second-order valence-electron chi connectivity index (χ2n) is 6.63. The number of carbonyl (C=O) groups excluding carboxylic acids is 2. The number of fused-ring (bicyclic) bond motifs is 1. The summed E-state index contributed by atoms with van der Waals surface area (Å²) in [6.07, 6.45) is 3.09. The van der Waals surface area contributed by atoms with E-state index >= 15 is 0 Å². The van der Waals surface area contributed by atoms with Crippen LogP contribution in [0.1, 0.15) is 47.6 Å². The van der Waals surface area contributed by atoms with Gasteiger partial charge in [0.15, 0.2) is 0 Å². The zero-order valence-corrected chi connectivity index (χ0v) is 15.4. The third kappa shape index (κ3) is 4.32. The second kappa shape index (κ2) is 8.03. The van der Waals surface area contributed by atoms with Crippen LogP contribution >= 0.6 is 11.8 Å². The standard InChI is InChI=1S/C17H23N3O5S/c1-9-11(16(22)23)6-10(25-9)7-18-14(21)5-3-2-4-13-15-12(8-26-13)19-17(24)20-15/h6,12-13,15H,2-5,7-8H2,1H3,(H,18,21)(H,22,23)(H2,19,20,24)/t12-,13-,15-/m0/s1. The van der Waals surface area contributed by atoms with Crippen LogP contribution in [0.2, 0.25) is 0 Å². The second-order valence-corrected chi connectivity index (χ2v) is 7.90. The summed E-state index contributed by atoms with van der Waals surface area (Å²) < 4.78 is 5.33. The normalized spacial score (nSPS) is 24.0. The van der Waals surface area contributed by atoms with Crippen molar-refractivity contribution in [3.63, 3.8) is 0 Å². The summed E-state index contributed by atoms with van der Waals surface area (Å²) in [4.78, 5) is 34.2. The Morgan fingerprint density at radius 3 is 2.92 bits per heavy atom. The Morgan fingerprint density at radius 2 is 2.19 bits per heavy atom. The van der Waals surface area contributed by atoms with Crippen molar-refractivity contribution in [1.82, 2.24) is 16.0 Å². The van der Waals surface area contributed by atoms with E-state index in [9.17, 15) is 14.4 Å². The predicted molar refractivity (Wildman–Crippen MR) is 96.2 cm³/mol. The minimum atomic E-state index is -1.04. The number of hydrogen-bond donors (Lipinski definition) is 4. The maximum Gasteiger partial charge on any atom is 0.339 e. The summed E-state index contributed by atoms with van der Waals surface area (Å²) in [5.74, 6) is 0.595. The number of aromatic carboxylic acids is 1. The molecule has 2 aliphatic rings. The molecule has 3 rings (SSSR count). The molecule has 1 aromatic rings. The first-order valence-corrected chi connectivity index (χ1v) is 9.77. The van der Waals surface area contributed by atoms with Gasteiger partial charge in [-0.15, -0.1) is 0 Å². The smallest absolute Gasteiger partial charge is 0.339 e. The quantitative estimate of drug-likeness (QED) is 0.401. The number of furan rings is 1. The number of carboxylic acids is 1. The number of nitrogens with one attached hydrogen (secondary N) is 3. The van der Waals surface area contributed by atoms with Gasteiger partial charge in [0.25, 0.3) is 0 Å². The van der Waals surface area contributed by atoms with E-state index in [1.54, 1.807) is 6.92 Å². The van der Waals surface area contributed by atoms with E-state index in [-0.39, 0.29) is 36.1 Å². The molecule has 142 valence electrons. The molecular formula is C17H23N3O5S. The number of rotatable bonds is 8. The van der Waals surface area contributed by atoms with Crippen molar-refractivity contribution in [1.29, 1.82) is 0 Å². The van der Waals surface area contributed by atoms with Crippen LogP contribution in [0, 0.1) is 6.92 Å². The molecule has 1 aromatic heterocycles. The van der Waals surface area contributed by atoms with E-state index in [1.165, 1.54) is 6.07 Å². The molecule has 2 saturated heterocycles. The Morgan fingerprint density at radius 1 is 1.38 bits per heavy atom. The summed E-state index contributed by atoms with van der Waals surface area (Å²) in [5.41, 5.74) is 0.120. The van der Waals surface area contributed by atoms with Crippen molar-refractivity contribution >= 4 is 29.7 Å². The molecule has 0 bridgehead atoms. The predicted octanol–water partition coefficient (Wildman–Crippen LogP) is 1.63. The first-order valence-electron chi connectivity index (χ1n) is 8.72. The van der Waals surface area contributed by atoms with Crippen LogP contribution in [0.5, 0.6) is 0 Å². The van der Waals surface area contributed by atoms with Crippen LogP contribution < -0.4 is 16.0 Å². The Bertz CT molecular complexity index is 705. The molecule has 8 nitrogen and oxygen atoms in total. The number of amides is 3. The Balaban J connectivity index is 1.33. The lowest BCUT2D eigenvalue weighted by molar-refractivity contribution is -0.121. The first kappa shape index (κ1) is 18.6. The average molecular weight is 381 g/mol. The summed E-state index contributed by atoms with van der Waals surface area (Å²) in [5, 5.41) is 18.0. The largest absolute Gasteiger partial charge is 0.478 e. The minimum absolute atomic E-state index is 0.0797. The van der Waals surface area contributed by atoms with Gasteiger partial charge in [-0.3, -0.25) is 4.79 Å². The summed E-state index contributed by atoms with van der Waals surface area (Å²) in [7, 11) is 0. The third-order valence-corrected chi connectivity index (χ3v) is 6.25. The average Bonchev–Trinajstić information content (AvgIpc) is 3.24. The van der Waals surface area contributed by atoms with Gasteiger partial charge in [0.05, 0.1) is 18.6 Å². The van der Waals surface area contributed by atoms with Crippen molar-refractivity contribution in [3.05, 3.63) is 23.2 Å². The number of carbonyl (C=O) groups is 3. The van der Waals surface area contributed by atoms with Gasteiger partial charge in [-0.2, -0.15) is 11.8 Å². The van der Waals surface area contributed by atoms with Gasteiger partial charge in [0.1, 0.15) is 17.1 Å². The fraction of sp³-hybridized carbons (Fsp3) is 0.588. The summed E-state index contributed by atoms with van der Waals surface area (Å²) in [6, 6.07) is 1.79. The minimum Gasteiger partial charge on any atom is -0.478 e. The molecular weight excluding hydrogens is 358 g/mol. The molecule has 0 spiro atoms. The lowest BCUT2D eigenvalue weighted by Crippen LogP contribution is -2.36. The number of hydrogen-bond acceptors (Lipinski definition) is 5. The van der Waals surface area contributed by atoms with Gasteiger partial charge < -0.3 is 25.5 Å². The zero-order chi connectivity index (χ0) is 18.7. The van der Waals surface area contributed by atoms with Gasteiger partial charge in [-0.05, 0) is 25.8 Å². The Kier molecular flexibility index (Phi) is 5.75. The van der Waals surface area contributed by atoms with Crippen LogP contribution in [0.25, 0.3) is 0 Å².